The summed E-state index contributed by atoms with van der Waals surface area (Å²) in [6.07, 6.45) is 2.78. The van der Waals surface area contributed by atoms with Gasteiger partial charge in [0.1, 0.15) is 12.1 Å². The molecule has 0 bridgehead atoms. The molecule has 1 saturated carbocycles. The predicted octanol–water partition coefficient (Wildman–Crippen LogP) is 2.52. The van der Waals surface area contributed by atoms with Crippen LogP contribution in [0.5, 0.6) is 0 Å². The SMILES string of the molecule is CCc1ccc2nc(NC(=O)CN3C(=O)NC(C)(C4CC4)C3=O)sc2c1. The molecule has 2 N–H and O–H groups in total. The van der Waals surface area contributed by atoms with Gasteiger partial charge in [-0.3, -0.25) is 14.5 Å². The lowest BCUT2D eigenvalue weighted by molar-refractivity contribution is -0.134. The molecule has 1 aromatic heterocycles. The average molecular weight is 372 g/mol. The quantitative estimate of drug-likeness (QED) is 0.789. The van der Waals surface area contributed by atoms with Gasteiger partial charge >= 0.3 is 6.03 Å². The number of imide groups is 1. The highest BCUT2D eigenvalue weighted by atomic mass is 32.1. The number of hydrogen-bond acceptors (Lipinski definition) is 5. The predicted molar refractivity (Wildman–Crippen MR) is 99.0 cm³/mol. The molecule has 0 radical (unpaired) electrons. The number of aromatic nitrogens is 1. The molecule has 7 nitrogen and oxygen atoms in total. The van der Waals surface area contributed by atoms with Crippen molar-refractivity contribution in [1.29, 1.82) is 0 Å². The van der Waals surface area contributed by atoms with Crippen molar-refractivity contribution in [2.24, 2.45) is 5.92 Å². The number of carbonyl (C=O) groups excluding carboxylic acids is 3. The van der Waals surface area contributed by atoms with E-state index >= 15 is 0 Å². The highest BCUT2D eigenvalue weighted by molar-refractivity contribution is 7.22. The largest absolute Gasteiger partial charge is 0.325 e. The standard InChI is InChI=1S/C18H20N4O3S/c1-3-10-4-7-12-13(8-10)26-16(19-12)20-14(23)9-22-15(24)18(2,11-5-6-11)21-17(22)25/h4,7-8,11H,3,5-6,9H2,1-2H3,(H,21,25)(H,19,20,23). The van der Waals surface area contributed by atoms with Gasteiger partial charge in [-0.2, -0.15) is 0 Å². The zero-order valence-corrected chi connectivity index (χ0v) is 15.5. The van der Waals surface area contributed by atoms with Crippen LogP contribution >= 0.6 is 11.3 Å². The number of urea groups is 1. The third-order valence-electron chi connectivity index (χ3n) is 5.10. The molecule has 1 saturated heterocycles. The van der Waals surface area contributed by atoms with Crippen LogP contribution < -0.4 is 10.6 Å². The van der Waals surface area contributed by atoms with E-state index in [1.807, 2.05) is 12.1 Å². The van der Waals surface area contributed by atoms with Gasteiger partial charge in [-0.1, -0.05) is 24.3 Å². The van der Waals surface area contributed by atoms with Gasteiger partial charge < -0.3 is 10.6 Å². The minimum atomic E-state index is -0.871. The number of carbonyl (C=O) groups is 3. The van der Waals surface area contributed by atoms with Crippen molar-refractivity contribution in [1.82, 2.24) is 15.2 Å². The van der Waals surface area contributed by atoms with Crippen LogP contribution in [0.25, 0.3) is 10.2 Å². The maximum Gasteiger partial charge on any atom is 0.325 e. The monoisotopic (exact) mass is 372 g/mol. The highest BCUT2D eigenvalue weighted by Crippen LogP contribution is 2.42. The Kier molecular flexibility index (Phi) is 3.95. The van der Waals surface area contributed by atoms with Crippen molar-refractivity contribution in [2.75, 3.05) is 11.9 Å². The summed E-state index contributed by atoms with van der Waals surface area (Å²) < 4.78 is 0.996. The summed E-state index contributed by atoms with van der Waals surface area (Å²) in [5.74, 6) is -0.579. The Morgan fingerprint density at radius 2 is 2.19 bits per heavy atom. The van der Waals surface area contributed by atoms with Gasteiger partial charge in [0.25, 0.3) is 5.91 Å². The van der Waals surface area contributed by atoms with Crippen LogP contribution in [0.3, 0.4) is 0 Å². The van der Waals surface area contributed by atoms with Crippen molar-refractivity contribution in [3.05, 3.63) is 23.8 Å². The fraction of sp³-hybridized carbons (Fsp3) is 0.444. The van der Waals surface area contributed by atoms with E-state index in [0.717, 1.165) is 34.4 Å². The van der Waals surface area contributed by atoms with Crippen LogP contribution in [0, 0.1) is 5.92 Å². The van der Waals surface area contributed by atoms with Gasteiger partial charge in [-0.15, -0.1) is 0 Å². The summed E-state index contributed by atoms with van der Waals surface area (Å²) >= 11 is 1.38. The van der Waals surface area contributed by atoms with E-state index in [9.17, 15) is 14.4 Å². The molecule has 2 aliphatic rings. The Morgan fingerprint density at radius 1 is 1.42 bits per heavy atom. The van der Waals surface area contributed by atoms with Crippen LogP contribution in [0.15, 0.2) is 18.2 Å². The molecule has 1 unspecified atom stereocenters. The Hall–Kier alpha value is -2.48. The first-order valence-corrected chi connectivity index (χ1v) is 9.56. The highest BCUT2D eigenvalue weighted by Gasteiger charge is 2.56. The van der Waals surface area contributed by atoms with Crippen LogP contribution in [0.4, 0.5) is 9.93 Å². The zero-order valence-electron chi connectivity index (χ0n) is 14.7. The molecule has 136 valence electrons. The molecule has 4 amide bonds. The molecule has 26 heavy (non-hydrogen) atoms. The van der Waals surface area contributed by atoms with E-state index < -0.39 is 17.5 Å². The van der Waals surface area contributed by atoms with Crippen molar-refractivity contribution in [3.63, 3.8) is 0 Å². The Morgan fingerprint density at radius 3 is 2.88 bits per heavy atom. The minimum Gasteiger partial charge on any atom is -0.323 e. The summed E-state index contributed by atoms with van der Waals surface area (Å²) in [6, 6.07) is 5.50. The fourth-order valence-corrected chi connectivity index (χ4v) is 4.29. The first-order valence-electron chi connectivity index (χ1n) is 8.74. The van der Waals surface area contributed by atoms with E-state index in [1.165, 1.54) is 16.9 Å². The van der Waals surface area contributed by atoms with Crippen LogP contribution in [0.1, 0.15) is 32.3 Å². The molecule has 1 aliphatic carbocycles. The fourth-order valence-electron chi connectivity index (χ4n) is 3.34. The van der Waals surface area contributed by atoms with Crippen LogP contribution in [-0.2, 0) is 16.0 Å². The normalized spacial score (nSPS) is 22.8. The summed E-state index contributed by atoms with van der Waals surface area (Å²) in [4.78, 5) is 42.4. The van der Waals surface area contributed by atoms with Crippen molar-refractivity contribution >= 4 is 44.5 Å². The number of aryl methyl sites for hydroxylation is 1. The number of benzene rings is 1. The lowest BCUT2D eigenvalue weighted by Gasteiger charge is -2.20. The average Bonchev–Trinajstić information content (AvgIpc) is 3.35. The molecular formula is C18H20N4O3S. The second kappa shape index (κ2) is 6.05. The Labute approximate surface area is 154 Å². The number of rotatable bonds is 5. The molecule has 0 spiro atoms. The number of thiazole rings is 1. The van der Waals surface area contributed by atoms with Gasteiger partial charge in [0.05, 0.1) is 10.2 Å². The molecule has 2 aromatic rings. The second-order valence-electron chi connectivity index (χ2n) is 7.02. The molecule has 1 atom stereocenters. The topological polar surface area (TPSA) is 91.4 Å². The molecule has 2 fully saturated rings. The van der Waals surface area contributed by atoms with E-state index in [-0.39, 0.29) is 18.4 Å². The Bertz CT molecular complexity index is 920. The zero-order chi connectivity index (χ0) is 18.5. The van der Waals surface area contributed by atoms with E-state index in [0.29, 0.717) is 5.13 Å². The van der Waals surface area contributed by atoms with E-state index in [1.54, 1.807) is 6.92 Å². The molecule has 1 aliphatic heterocycles. The summed E-state index contributed by atoms with van der Waals surface area (Å²) in [5, 5.41) is 5.91. The number of amides is 4. The third kappa shape index (κ3) is 2.84. The van der Waals surface area contributed by atoms with Crippen LogP contribution in [-0.4, -0.2) is 39.8 Å². The number of nitrogens with one attached hydrogen (secondary N) is 2. The van der Waals surface area contributed by atoms with Crippen molar-refractivity contribution in [3.8, 4) is 0 Å². The molecule has 8 heteroatoms. The summed E-state index contributed by atoms with van der Waals surface area (Å²) in [7, 11) is 0. The van der Waals surface area contributed by atoms with Gasteiger partial charge in [0.15, 0.2) is 5.13 Å². The van der Waals surface area contributed by atoms with E-state index in [2.05, 4.69) is 28.6 Å². The number of nitrogens with zero attached hydrogens (tertiary/aromatic N) is 2. The number of fused-ring (bicyclic) bond motifs is 1. The minimum absolute atomic E-state index is 0.170. The summed E-state index contributed by atoms with van der Waals surface area (Å²) in [5.41, 5.74) is 1.15. The first-order chi connectivity index (χ1) is 12.4. The number of hydrogen-bond donors (Lipinski definition) is 2. The molecule has 1 aromatic carbocycles. The maximum atomic E-state index is 12.6. The van der Waals surface area contributed by atoms with Crippen molar-refractivity contribution in [2.45, 2.75) is 38.6 Å². The smallest absolute Gasteiger partial charge is 0.323 e. The Balaban J connectivity index is 1.45. The first kappa shape index (κ1) is 17.0. The van der Waals surface area contributed by atoms with Crippen molar-refractivity contribution < 1.29 is 14.4 Å². The maximum absolute atomic E-state index is 12.6. The third-order valence-corrected chi connectivity index (χ3v) is 6.04. The second-order valence-corrected chi connectivity index (χ2v) is 8.05. The van der Waals surface area contributed by atoms with Crippen LogP contribution in [0.2, 0.25) is 0 Å². The summed E-state index contributed by atoms with van der Waals surface area (Å²) in [6.45, 7) is 3.52. The van der Waals surface area contributed by atoms with Gasteiger partial charge in [-0.05, 0) is 49.8 Å². The molecular weight excluding hydrogens is 352 g/mol. The lowest BCUT2D eigenvalue weighted by Crippen LogP contribution is -2.46. The number of anilines is 1. The molecule has 4 rings (SSSR count). The van der Waals surface area contributed by atoms with Gasteiger partial charge in [0, 0.05) is 0 Å². The lowest BCUT2D eigenvalue weighted by atomic mass is 9.96. The molecule has 2 heterocycles. The van der Waals surface area contributed by atoms with Gasteiger partial charge in [0.2, 0.25) is 5.91 Å². The van der Waals surface area contributed by atoms with E-state index in [4.69, 9.17) is 0 Å². The van der Waals surface area contributed by atoms with Gasteiger partial charge in [-0.25, -0.2) is 9.78 Å².